The van der Waals surface area contributed by atoms with Gasteiger partial charge in [-0.2, -0.15) is 0 Å². The number of carbonyl (C=O) groups excluding carboxylic acids is 3. The van der Waals surface area contributed by atoms with Gasteiger partial charge in [-0.05, 0) is 37.2 Å². The quantitative estimate of drug-likeness (QED) is 0.456. The SMILES string of the molecule is CNC(=O)C(C/C=C/c1ccccc1)C(CC(C)C)C(=O)NN(CC(C)C)C(=O)C(C)N. The lowest BCUT2D eigenvalue weighted by atomic mass is 9.82. The van der Waals surface area contributed by atoms with E-state index in [1.165, 1.54) is 5.01 Å². The number of nitrogens with one attached hydrogen (secondary N) is 2. The van der Waals surface area contributed by atoms with Crippen LogP contribution in [0.2, 0.25) is 0 Å². The number of amides is 3. The summed E-state index contributed by atoms with van der Waals surface area (Å²) >= 11 is 0. The van der Waals surface area contributed by atoms with Crippen molar-refractivity contribution >= 4 is 23.8 Å². The van der Waals surface area contributed by atoms with Crippen LogP contribution in [0.3, 0.4) is 0 Å². The zero-order valence-electron chi connectivity index (χ0n) is 20.3. The summed E-state index contributed by atoms with van der Waals surface area (Å²) in [6, 6.07) is 9.06. The van der Waals surface area contributed by atoms with Crippen LogP contribution in [0.25, 0.3) is 6.08 Å². The first kappa shape index (κ1) is 27.4. The van der Waals surface area contributed by atoms with E-state index in [4.69, 9.17) is 5.73 Å². The molecule has 0 saturated carbocycles. The fourth-order valence-electron chi connectivity index (χ4n) is 3.53. The molecular formula is C25H40N4O3. The molecule has 3 atom stereocenters. The third-order valence-corrected chi connectivity index (χ3v) is 5.08. The number of hydrogen-bond acceptors (Lipinski definition) is 4. The van der Waals surface area contributed by atoms with Gasteiger partial charge in [-0.25, -0.2) is 0 Å². The molecule has 178 valence electrons. The average Bonchev–Trinajstić information content (AvgIpc) is 2.74. The van der Waals surface area contributed by atoms with Crippen LogP contribution in [0.5, 0.6) is 0 Å². The first-order valence-electron chi connectivity index (χ1n) is 11.4. The van der Waals surface area contributed by atoms with Gasteiger partial charge in [-0.3, -0.25) is 24.8 Å². The van der Waals surface area contributed by atoms with E-state index in [1.807, 2.05) is 70.2 Å². The van der Waals surface area contributed by atoms with Crippen LogP contribution in [-0.2, 0) is 14.4 Å². The molecule has 0 aliphatic heterocycles. The Morgan fingerprint density at radius 2 is 1.59 bits per heavy atom. The molecule has 3 amide bonds. The summed E-state index contributed by atoms with van der Waals surface area (Å²) in [4.78, 5) is 38.6. The molecule has 0 saturated heterocycles. The van der Waals surface area contributed by atoms with Gasteiger partial charge in [0.05, 0.1) is 17.9 Å². The van der Waals surface area contributed by atoms with Crippen LogP contribution in [-0.4, -0.2) is 42.4 Å². The molecular weight excluding hydrogens is 404 g/mol. The summed E-state index contributed by atoms with van der Waals surface area (Å²) < 4.78 is 0. The van der Waals surface area contributed by atoms with Crippen molar-refractivity contribution in [2.24, 2.45) is 29.4 Å². The van der Waals surface area contributed by atoms with Crippen LogP contribution in [0.15, 0.2) is 36.4 Å². The Morgan fingerprint density at radius 1 is 0.969 bits per heavy atom. The van der Waals surface area contributed by atoms with Crippen molar-refractivity contribution in [3.63, 3.8) is 0 Å². The third kappa shape index (κ3) is 9.22. The average molecular weight is 445 g/mol. The summed E-state index contributed by atoms with van der Waals surface area (Å²) in [5.41, 5.74) is 9.57. The summed E-state index contributed by atoms with van der Waals surface area (Å²) in [6.45, 7) is 9.88. The molecule has 32 heavy (non-hydrogen) atoms. The predicted molar refractivity (Wildman–Crippen MR) is 129 cm³/mol. The van der Waals surface area contributed by atoms with Crippen LogP contribution in [0, 0.1) is 23.7 Å². The summed E-state index contributed by atoms with van der Waals surface area (Å²) in [5.74, 6) is -1.70. The number of nitrogens with two attached hydrogens (primary N) is 1. The second-order valence-corrected chi connectivity index (χ2v) is 9.11. The van der Waals surface area contributed by atoms with E-state index in [1.54, 1.807) is 14.0 Å². The van der Waals surface area contributed by atoms with Crippen molar-refractivity contribution in [1.82, 2.24) is 15.8 Å². The molecule has 0 radical (unpaired) electrons. The van der Waals surface area contributed by atoms with Crippen LogP contribution >= 0.6 is 0 Å². The minimum Gasteiger partial charge on any atom is -0.359 e. The number of hydrazine groups is 1. The summed E-state index contributed by atoms with van der Waals surface area (Å²) in [5, 5.41) is 3.99. The molecule has 1 aromatic carbocycles. The Kier molecular flexibility index (Phi) is 11.7. The summed E-state index contributed by atoms with van der Waals surface area (Å²) in [7, 11) is 1.57. The van der Waals surface area contributed by atoms with Gasteiger partial charge < -0.3 is 11.1 Å². The number of allylic oxidation sites excluding steroid dienone is 1. The smallest absolute Gasteiger partial charge is 0.257 e. The highest BCUT2D eigenvalue weighted by Crippen LogP contribution is 2.25. The van der Waals surface area contributed by atoms with Gasteiger partial charge in [-0.1, -0.05) is 70.2 Å². The minimum absolute atomic E-state index is 0.144. The van der Waals surface area contributed by atoms with Crippen molar-refractivity contribution in [2.75, 3.05) is 13.6 Å². The van der Waals surface area contributed by atoms with Gasteiger partial charge in [0.1, 0.15) is 0 Å². The van der Waals surface area contributed by atoms with Crippen LogP contribution in [0.1, 0.15) is 53.0 Å². The number of hydrogen-bond donors (Lipinski definition) is 3. The number of nitrogens with zero attached hydrogens (tertiary/aromatic N) is 1. The molecule has 0 bridgehead atoms. The lowest BCUT2D eigenvalue weighted by Crippen LogP contribution is -2.55. The van der Waals surface area contributed by atoms with Crippen molar-refractivity contribution in [2.45, 2.75) is 53.5 Å². The molecule has 7 nitrogen and oxygen atoms in total. The van der Waals surface area contributed by atoms with Gasteiger partial charge in [0.15, 0.2) is 0 Å². The fourth-order valence-corrected chi connectivity index (χ4v) is 3.53. The van der Waals surface area contributed by atoms with Crippen molar-refractivity contribution in [3.8, 4) is 0 Å². The zero-order valence-corrected chi connectivity index (χ0v) is 20.3. The van der Waals surface area contributed by atoms with E-state index in [-0.39, 0.29) is 29.6 Å². The van der Waals surface area contributed by atoms with Crippen LogP contribution in [0.4, 0.5) is 0 Å². The monoisotopic (exact) mass is 444 g/mol. The Bertz CT molecular complexity index is 760. The Labute approximate surface area is 192 Å². The van der Waals surface area contributed by atoms with Gasteiger partial charge in [-0.15, -0.1) is 0 Å². The Morgan fingerprint density at radius 3 is 2.09 bits per heavy atom. The molecule has 3 unspecified atom stereocenters. The molecule has 7 heteroatoms. The highest BCUT2D eigenvalue weighted by atomic mass is 16.2. The normalized spacial score (nSPS) is 14.3. The summed E-state index contributed by atoms with van der Waals surface area (Å²) in [6.07, 6.45) is 4.80. The Balaban J connectivity index is 3.13. The molecule has 1 aromatic rings. The maximum atomic E-state index is 13.3. The topological polar surface area (TPSA) is 105 Å². The van der Waals surface area contributed by atoms with Crippen molar-refractivity contribution < 1.29 is 14.4 Å². The lowest BCUT2D eigenvalue weighted by Gasteiger charge is -2.31. The molecule has 0 fully saturated rings. The molecule has 4 N–H and O–H groups in total. The molecule has 1 rings (SSSR count). The van der Waals surface area contributed by atoms with E-state index in [0.29, 0.717) is 19.4 Å². The van der Waals surface area contributed by atoms with Gasteiger partial charge in [0.2, 0.25) is 11.8 Å². The molecule has 0 spiro atoms. The highest BCUT2D eigenvalue weighted by molar-refractivity contribution is 5.90. The largest absolute Gasteiger partial charge is 0.359 e. The van der Waals surface area contributed by atoms with Crippen LogP contribution < -0.4 is 16.5 Å². The Hall–Kier alpha value is -2.67. The lowest BCUT2D eigenvalue weighted by molar-refractivity contribution is -0.146. The highest BCUT2D eigenvalue weighted by Gasteiger charge is 2.34. The van der Waals surface area contributed by atoms with E-state index < -0.39 is 17.9 Å². The maximum absolute atomic E-state index is 13.3. The second-order valence-electron chi connectivity index (χ2n) is 9.11. The zero-order chi connectivity index (χ0) is 24.3. The van der Waals surface area contributed by atoms with Crippen molar-refractivity contribution in [3.05, 3.63) is 42.0 Å². The maximum Gasteiger partial charge on any atom is 0.257 e. The number of benzene rings is 1. The first-order chi connectivity index (χ1) is 15.1. The molecule has 0 heterocycles. The van der Waals surface area contributed by atoms with E-state index in [0.717, 1.165) is 5.56 Å². The molecule has 0 aromatic heterocycles. The number of rotatable bonds is 11. The fraction of sp³-hybridized carbons (Fsp3) is 0.560. The van der Waals surface area contributed by atoms with E-state index in [9.17, 15) is 14.4 Å². The van der Waals surface area contributed by atoms with E-state index in [2.05, 4.69) is 10.7 Å². The van der Waals surface area contributed by atoms with Gasteiger partial charge in [0, 0.05) is 13.6 Å². The minimum atomic E-state index is -0.735. The first-order valence-corrected chi connectivity index (χ1v) is 11.4. The van der Waals surface area contributed by atoms with E-state index >= 15 is 0 Å². The number of carbonyl (C=O) groups is 3. The predicted octanol–water partition coefficient (Wildman–Crippen LogP) is 2.98. The molecule has 0 aliphatic carbocycles. The van der Waals surface area contributed by atoms with Gasteiger partial charge in [0.25, 0.3) is 5.91 Å². The van der Waals surface area contributed by atoms with Gasteiger partial charge >= 0.3 is 0 Å². The molecule has 0 aliphatic rings. The standard InChI is InChI=1S/C25H40N4O3/c1-17(2)15-22(24(31)28-29(16-18(3)4)25(32)19(5)26)21(23(30)27-6)14-10-13-20-11-8-7-9-12-20/h7-13,17-19,21-22H,14-16,26H2,1-6H3,(H,27,30)(H,28,31)/b13-10+. The van der Waals surface area contributed by atoms with Crippen molar-refractivity contribution in [1.29, 1.82) is 0 Å². The third-order valence-electron chi connectivity index (χ3n) is 5.08. The second kappa shape index (κ2) is 13.7.